The monoisotopic (exact) mass is 219 g/mol. The number of aromatic nitrogens is 1. The molecule has 1 unspecified atom stereocenters. The predicted octanol–water partition coefficient (Wildman–Crippen LogP) is 4.23. The molecule has 0 spiro atoms. The van der Waals surface area contributed by atoms with Gasteiger partial charge in [0, 0.05) is 5.92 Å². The van der Waals surface area contributed by atoms with E-state index in [2.05, 4.69) is 18.8 Å². The van der Waals surface area contributed by atoms with Gasteiger partial charge in [-0.05, 0) is 25.0 Å². The van der Waals surface area contributed by atoms with Crippen molar-refractivity contribution < 1.29 is 8.83 Å². The van der Waals surface area contributed by atoms with Gasteiger partial charge in [0.1, 0.15) is 0 Å². The largest absolute Gasteiger partial charge is 0.461 e. The molecule has 2 heterocycles. The van der Waals surface area contributed by atoms with Crippen molar-refractivity contribution in [3.05, 3.63) is 30.5 Å². The molecule has 2 rings (SSSR count). The fourth-order valence-corrected chi connectivity index (χ4v) is 1.86. The lowest BCUT2D eigenvalue weighted by Crippen LogP contribution is -1.96. The van der Waals surface area contributed by atoms with Crippen molar-refractivity contribution >= 4 is 0 Å². The summed E-state index contributed by atoms with van der Waals surface area (Å²) in [7, 11) is 0. The van der Waals surface area contributed by atoms with Gasteiger partial charge in [-0.1, -0.05) is 20.3 Å². The molecular weight excluding hydrogens is 202 g/mol. The first-order valence-electron chi connectivity index (χ1n) is 5.84. The highest BCUT2D eigenvalue weighted by Crippen LogP contribution is 2.28. The normalized spacial score (nSPS) is 12.9. The molecule has 2 aromatic heterocycles. The topological polar surface area (TPSA) is 39.2 Å². The van der Waals surface area contributed by atoms with Crippen molar-refractivity contribution in [2.75, 3.05) is 0 Å². The average molecular weight is 219 g/mol. The first-order valence-corrected chi connectivity index (χ1v) is 5.84. The van der Waals surface area contributed by atoms with Gasteiger partial charge in [0.05, 0.1) is 12.5 Å². The number of oxazole rings is 1. The third-order valence-electron chi connectivity index (χ3n) is 2.77. The van der Waals surface area contributed by atoms with Gasteiger partial charge in [0.15, 0.2) is 17.4 Å². The highest BCUT2D eigenvalue weighted by molar-refractivity contribution is 5.47. The summed E-state index contributed by atoms with van der Waals surface area (Å²) in [6, 6.07) is 3.73. The quantitative estimate of drug-likeness (QED) is 0.755. The summed E-state index contributed by atoms with van der Waals surface area (Å²) in [5.41, 5.74) is 0. The summed E-state index contributed by atoms with van der Waals surface area (Å²) in [4.78, 5) is 4.34. The zero-order valence-electron chi connectivity index (χ0n) is 9.77. The van der Waals surface area contributed by atoms with E-state index in [0.29, 0.717) is 5.92 Å². The minimum Gasteiger partial charge on any atom is -0.461 e. The Morgan fingerprint density at radius 2 is 2.19 bits per heavy atom. The summed E-state index contributed by atoms with van der Waals surface area (Å²) in [5.74, 6) is 2.71. The molecule has 0 saturated heterocycles. The van der Waals surface area contributed by atoms with E-state index in [-0.39, 0.29) is 0 Å². The molecule has 1 atom stereocenters. The Bertz CT molecular complexity index is 417. The Balaban J connectivity index is 2.18. The van der Waals surface area contributed by atoms with E-state index in [9.17, 15) is 0 Å². The Labute approximate surface area is 95.5 Å². The second-order valence-electron chi connectivity index (χ2n) is 3.93. The zero-order chi connectivity index (χ0) is 11.4. The maximum Gasteiger partial charge on any atom is 0.198 e. The Hall–Kier alpha value is -1.51. The van der Waals surface area contributed by atoms with Crippen LogP contribution >= 0.6 is 0 Å². The van der Waals surface area contributed by atoms with Crippen molar-refractivity contribution in [1.82, 2.24) is 4.98 Å². The number of hydrogen-bond acceptors (Lipinski definition) is 3. The Kier molecular flexibility index (Phi) is 3.44. The van der Waals surface area contributed by atoms with E-state index in [0.717, 1.165) is 36.7 Å². The summed E-state index contributed by atoms with van der Waals surface area (Å²) >= 11 is 0. The molecule has 3 heteroatoms. The third kappa shape index (κ3) is 2.18. The van der Waals surface area contributed by atoms with Crippen LogP contribution in [-0.2, 0) is 0 Å². The van der Waals surface area contributed by atoms with Crippen LogP contribution in [0, 0.1) is 0 Å². The number of furan rings is 1. The minimum absolute atomic E-state index is 0.425. The Morgan fingerprint density at radius 3 is 2.81 bits per heavy atom. The van der Waals surface area contributed by atoms with Gasteiger partial charge in [-0.2, -0.15) is 0 Å². The first kappa shape index (κ1) is 11.0. The molecule has 0 amide bonds. The molecule has 86 valence electrons. The molecule has 0 bridgehead atoms. The molecule has 0 aliphatic carbocycles. The van der Waals surface area contributed by atoms with E-state index in [1.54, 1.807) is 12.5 Å². The van der Waals surface area contributed by atoms with Gasteiger partial charge >= 0.3 is 0 Å². The number of rotatable bonds is 5. The van der Waals surface area contributed by atoms with Gasteiger partial charge in [0.25, 0.3) is 0 Å². The SMILES string of the molecule is CCCC(CC)c1ncc(-c2ccco2)o1. The van der Waals surface area contributed by atoms with Crippen molar-refractivity contribution in [3.63, 3.8) is 0 Å². The van der Waals surface area contributed by atoms with E-state index < -0.39 is 0 Å². The van der Waals surface area contributed by atoms with Crippen LogP contribution in [-0.4, -0.2) is 4.98 Å². The molecule has 0 fully saturated rings. The van der Waals surface area contributed by atoms with Crippen LogP contribution < -0.4 is 0 Å². The third-order valence-corrected chi connectivity index (χ3v) is 2.77. The van der Waals surface area contributed by atoms with Crippen LogP contribution in [0.2, 0.25) is 0 Å². The zero-order valence-corrected chi connectivity index (χ0v) is 9.77. The standard InChI is InChI=1S/C13H17NO2/c1-3-6-10(4-2)13-14-9-12(16-13)11-7-5-8-15-11/h5,7-10H,3-4,6H2,1-2H3. The van der Waals surface area contributed by atoms with Crippen LogP contribution in [0.15, 0.2) is 33.4 Å². The van der Waals surface area contributed by atoms with Gasteiger partial charge < -0.3 is 8.83 Å². The number of hydrogen-bond donors (Lipinski definition) is 0. The molecule has 0 radical (unpaired) electrons. The lowest BCUT2D eigenvalue weighted by Gasteiger charge is -2.08. The molecule has 0 saturated carbocycles. The van der Waals surface area contributed by atoms with E-state index in [1.165, 1.54) is 0 Å². The van der Waals surface area contributed by atoms with Crippen LogP contribution in [0.5, 0.6) is 0 Å². The molecule has 0 aliphatic heterocycles. The fourth-order valence-electron chi connectivity index (χ4n) is 1.86. The summed E-state index contributed by atoms with van der Waals surface area (Å²) in [6.07, 6.45) is 6.71. The maximum atomic E-state index is 5.73. The second-order valence-corrected chi connectivity index (χ2v) is 3.93. The highest BCUT2D eigenvalue weighted by atomic mass is 16.4. The molecule has 3 nitrogen and oxygen atoms in total. The summed E-state index contributed by atoms with van der Waals surface area (Å²) < 4.78 is 11.0. The van der Waals surface area contributed by atoms with Crippen LogP contribution in [0.1, 0.15) is 44.9 Å². The predicted molar refractivity (Wildman–Crippen MR) is 62.1 cm³/mol. The van der Waals surface area contributed by atoms with Crippen molar-refractivity contribution in [2.45, 2.75) is 39.0 Å². The smallest absolute Gasteiger partial charge is 0.198 e. The minimum atomic E-state index is 0.425. The summed E-state index contributed by atoms with van der Waals surface area (Å²) in [5, 5.41) is 0. The average Bonchev–Trinajstić information content (AvgIpc) is 2.95. The first-order chi connectivity index (χ1) is 7.85. The molecule has 0 aliphatic rings. The lowest BCUT2D eigenvalue weighted by molar-refractivity contribution is 0.420. The van der Waals surface area contributed by atoms with Crippen LogP contribution in [0.25, 0.3) is 11.5 Å². The van der Waals surface area contributed by atoms with Crippen molar-refractivity contribution in [2.24, 2.45) is 0 Å². The molecular formula is C13H17NO2. The molecule has 0 N–H and O–H groups in total. The van der Waals surface area contributed by atoms with Gasteiger partial charge in [-0.3, -0.25) is 0 Å². The van der Waals surface area contributed by atoms with Gasteiger partial charge in [-0.15, -0.1) is 0 Å². The number of nitrogens with zero attached hydrogens (tertiary/aromatic N) is 1. The van der Waals surface area contributed by atoms with Gasteiger partial charge in [-0.25, -0.2) is 4.98 Å². The second kappa shape index (κ2) is 5.01. The van der Waals surface area contributed by atoms with E-state index in [4.69, 9.17) is 8.83 Å². The van der Waals surface area contributed by atoms with Gasteiger partial charge in [0.2, 0.25) is 0 Å². The Morgan fingerprint density at radius 1 is 1.31 bits per heavy atom. The van der Waals surface area contributed by atoms with E-state index in [1.807, 2.05) is 12.1 Å². The fraction of sp³-hybridized carbons (Fsp3) is 0.462. The van der Waals surface area contributed by atoms with Crippen LogP contribution in [0.4, 0.5) is 0 Å². The molecule has 2 aromatic rings. The highest BCUT2D eigenvalue weighted by Gasteiger charge is 2.16. The molecule has 0 aromatic carbocycles. The van der Waals surface area contributed by atoms with Crippen molar-refractivity contribution in [3.8, 4) is 11.5 Å². The van der Waals surface area contributed by atoms with Crippen molar-refractivity contribution in [1.29, 1.82) is 0 Å². The maximum absolute atomic E-state index is 5.73. The lowest BCUT2D eigenvalue weighted by atomic mass is 10.0. The van der Waals surface area contributed by atoms with Crippen LogP contribution in [0.3, 0.4) is 0 Å². The van der Waals surface area contributed by atoms with E-state index >= 15 is 0 Å². The summed E-state index contributed by atoms with van der Waals surface area (Å²) in [6.45, 7) is 4.34. The molecule has 16 heavy (non-hydrogen) atoms.